The zero-order chi connectivity index (χ0) is 25.4. The SMILES string of the molecule is COc1cccc(-n2c(C)cc(/C=C3\C(=N)N4N=C(CC(=O)N5CCCCC5)SC4=NC3=O)c2C)c1. The first kappa shape index (κ1) is 24.1. The molecule has 186 valence electrons. The number of methoxy groups -OCH3 is 1. The fraction of sp³-hybridized carbons (Fsp3) is 0.346. The van der Waals surface area contributed by atoms with Gasteiger partial charge in [-0.15, -0.1) is 0 Å². The Hall–Kier alpha value is -3.66. The number of hydrazone groups is 1. The van der Waals surface area contributed by atoms with Crippen LogP contribution >= 0.6 is 11.8 Å². The average molecular weight is 505 g/mol. The average Bonchev–Trinajstić information content (AvgIpc) is 3.41. The number of aryl methyl sites for hydroxylation is 1. The topological polar surface area (TPSA) is 103 Å². The maximum Gasteiger partial charge on any atom is 0.283 e. The Balaban J connectivity index is 1.40. The van der Waals surface area contributed by atoms with E-state index in [1.165, 1.54) is 16.8 Å². The lowest BCUT2D eigenvalue weighted by Crippen LogP contribution is -2.36. The van der Waals surface area contributed by atoms with Gasteiger partial charge in [-0.05, 0) is 74.7 Å². The number of nitrogens with zero attached hydrogens (tertiary/aromatic N) is 5. The number of aliphatic imine (C=N–C) groups is 1. The number of aromatic nitrogens is 1. The van der Waals surface area contributed by atoms with Crippen molar-refractivity contribution in [2.24, 2.45) is 10.1 Å². The summed E-state index contributed by atoms with van der Waals surface area (Å²) in [7, 11) is 1.63. The van der Waals surface area contributed by atoms with Gasteiger partial charge in [-0.2, -0.15) is 15.1 Å². The van der Waals surface area contributed by atoms with E-state index in [2.05, 4.69) is 14.7 Å². The zero-order valence-corrected chi connectivity index (χ0v) is 21.4. The van der Waals surface area contributed by atoms with Crippen LogP contribution in [0.5, 0.6) is 5.75 Å². The number of amidine groups is 2. The monoisotopic (exact) mass is 504 g/mol. The molecule has 3 aliphatic heterocycles. The Morgan fingerprint density at radius 3 is 2.72 bits per heavy atom. The number of carbonyl (C=O) groups excluding carboxylic acids is 2. The molecule has 0 saturated carbocycles. The van der Waals surface area contributed by atoms with E-state index in [9.17, 15) is 9.59 Å². The van der Waals surface area contributed by atoms with Gasteiger partial charge in [0.15, 0.2) is 5.84 Å². The fourth-order valence-electron chi connectivity index (χ4n) is 4.72. The number of carbonyl (C=O) groups is 2. The lowest BCUT2D eigenvalue weighted by molar-refractivity contribution is -0.130. The van der Waals surface area contributed by atoms with Crippen molar-refractivity contribution < 1.29 is 14.3 Å². The van der Waals surface area contributed by atoms with Crippen molar-refractivity contribution in [2.75, 3.05) is 20.2 Å². The first-order chi connectivity index (χ1) is 17.4. The molecule has 0 spiro atoms. The van der Waals surface area contributed by atoms with Crippen molar-refractivity contribution in [3.63, 3.8) is 0 Å². The van der Waals surface area contributed by atoms with Gasteiger partial charge in [-0.3, -0.25) is 15.0 Å². The quantitative estimate of drug-likeness (QED) is 0.617. The fourth-order valence-corrected chi connectivity index (χ4v) is 5.60. The molecule has 36 heavy (non-hydrogen) atoms. The molecule has 1 aromatic heterocycles. The van der Waals surface area contributed by atoms with E-state index >= 15 is 0 Å². The van der Waals surface area contributed by atoms with E-state index in [-0.39, 0.29) is 23.7 Å². The van der Waals surface area contributed by atoms with Gasteiger partial charge in [-0.1, -0.05) is 6.07 Å². The second-order valence-electron chi connectivity index (χ2n) is 9.00. The number of amides is 2. The van der Waals surface area contributed by atoms with E-state index in [1.807, 2.05) is 49.1 Å². The summed E-state index contributed by atoms with van der Waals surface area (Å²) in [6.07, 6.45) is 5.05. The second-order valence-corrected chi connectivity index (χ2v) is 10.0. The molecular weight excluding hydrogens is 476 g/mol. The van der Waals surface area contributed by atoms with E-state index in [4.69, 9.17) is 10.1 Å². The smallest absolute Gasteiger partial charge is 0.283 e. The molecule has 1 N–H and O–H groups in total. The highest BCUT2D eigenvalue weighted by molar-refractivity contribution is 8.27. The van der Waals surface area contributed by atoms with Crippen molar-refractivity contribution in [2.45, 2.75) is 39.5 Å². The standard InChI is InChI=1S/C26H28N6O3S/c1-16-12-18(17(2)31(16)19-8-7-9-20(14-19)35-3)13-21-24(27)32-26(28-25(21)34)36-22(29-32)15-23(33)30-10-5-4-6-11-30/h7-9,12-14,27H,4-6,10-11,15H2,1-3H3/b21-13+,27-24?. The molecule has 9 nitrogen and oxygen atoms in total. The Morgan fingerprint density at radius 2 is 1.97 bits per heavy atom. The molecule has 0 unspecified atom stereocenters. The molecule has 2 amide bonds. The summed E-state index contributed by atoms with van der Waals surface area (Å²) in [4.78, 5) is 31.6. The zero-order valence-electron chi connectivity index (χ0n) is 20.6. The highest BCUT2D eigenvalue weighted by Crippen LogP contribution is 2.31. The molecule has 0 aliphatic carbocycles. The molecule has 1 fully saturated rings. The summed E-state index contributed by atoms with van der Waals surface area (Å²) in [5.41, 5.74) is 3.84. The van der Waals surface area contributed by atoms with E-state index in [0.29, 0.717) is 10.2 Å². The number of hydrogen-bond donors (Lipinski definition) is 1. The Kier molecular flexibility index (Phi) is 6.53. The van der Waals surface area contributed by atoms with Crippen LogP contribution in [0.15, 0.2) is 46.0 Å². The molecule has 1 aromatic carbocycles. The van der Waals surface area contributed by atoms with Crippen molar-refractivity contribution in [3.8, 4) is 11.4 Å². The van der Waals surface area contributed by atoms with Crippen LogP contribution in [-0.2, 0) is 9.59 Å². The lowest BCUT2D eigenvalue weighted by Gasteiger charge is -2.26. The van der Waals surface area contributed by atoms with Crippen molar-refractivity contribution in [1.82, 2.24) is 14.5 Å². The molecule has 2 aromatic rings. The molecule has 0 bridgehead atoms. The highest BCUT2D eigenvalue weighted by Gasteiger charge is 2.36. The van der Waals surface area contributed by atoms with Crippen LogP contribution in [0.3, 0.4) is 0 Å². The molecular formula is C26H28N6O3S. The summed E-state index contributed by atoms with van der Waals surface area (Å²) in [5, 5.41) is 15.4. The van der Waals surface area contributed by atoms with Gasteiger partial charge in [0.25, 0.3) is 5.91 Å². The largest absolute Gasteiger partial charge is 0.497 e. The van der Waals surface area contributed by atoms with Gasteiger partial charge in [0.05, 0.1) is 19.1 Å². The van der Waals surface area contributed by atoms with Crippen LogP contribution in [0.25, 0.3) is 11.8 Å². The third kappa shape index (κ3) is 4.48. The van der Waals surface area contributed by atoms with Gasteiger partial charge in [0.2, 0.25) is 11.1 Å². The predicted octanol–water partition coefficient (Wildman–Crippen LogP) is 4.12. The molecule has 0 radical (unpaired) electrons. The van der Waals surface area contributed by atoms with Crippen LogP contribution in [-0.4, -0.2) is 62.5 Å². The number of rotatable bonds is 5. The Bertz CT molecular complexity index is 1350. The number of benzene rings is 1. The van der Waals surface area contributed by atoms with E-state index < -0.39 is 5.91 Å². The second kappa shape index (κ2) is 9.77. The highest BCUT2D eigenvalue weighted by atomic mass is 32.2. The molecule has 3 aliphatic rings. The van der Waals surface area contributed by atoms with Crippen LogP contribution in [0.1, 0.15) is 42.6 Å². The van der Waals surface area contributed by atoms with Crippen LogP contribution in [0.4, 0.5) is 0 Å². The number of thioether (sulfide) groups is 1. The Morgan fingerprint density at radius 1 is 1.19 bits per heavy atom. The minimum Gasteiger partial charge on any atom is -0.497 e. The number of hydrogen-bond acceptors (Lipinski definition) is 6. The van der Waals surface area contributed by atoms with E-state index in [1.54, 1.807) is 13.2 Å². The number of nitrogens with one attached hydrogen (secondary N) is 1. The van der Waals surface area contributed by atoms with Gasteiger partial charge < -0.3 is 14.2 Å². The minimum absolute atomic E-state index is 0.0278. The van der Waals surface area contributed by atoms with Crippen molar-refractivity contribution >= 4 is 45.7 Å². The van der Waals surface area contributed by atoms with Crippen LogP contribution in [0, 0.1) is 19.3 Å². The maximum absolute atomic E-state index is 12.9. The summed E-state index contributed by atoms with van der Waals surface area (Å²) in [5.74, 6) is 0.262. The summed E-state index contributed by atoms with van der Waals surface area (Å²) < 4.78 is 7.44. The van der Waals surface area contributed by atoms with Crippen LogP contribution in [0.2, 0.25) is 0 Å². The molecule has 0 atom stereocenters. The summed E-state index contributed by atoms with van der Waals surface area (Å²) >= 11 is 1.19. The third-order valence-corrected chi connectivity index (χ3v) is 7.50. The summed E-state index contributed by atoms with van der Waals surface area (Å²) in [6, 6.07) is 9.74. The summed E-state index contributed by atoms with van der Waals surface area (Å²) in [6.45, 7) is 5.51. The molecule has 4 heterocycles. The minimum atomic E-state index is -0.483. The Labute approximate surface area is 214 Å². The third-order valence-electron chi connectivity index (χ3n) is 6.59. The maximum atomic E-state index is 12.9. The lowest BCUT2D eigenvalue weighted by atomic mass is 10.1. The predicted molar refractivity (Wildman–Crippen MR) is 142 cm³/mol. The normalized spacial score (nSPS) is 18.9. The van der Waals surface area contributed by atoms with Crippen LogP contribution < -0.4 is 4.74 Å². The first-order valence-corrected chi connectivity index (χ1v) is 12.8. The molecule has 1 saturated heterocycles. The van der Waals surface area contributed by atoms with Gasteiger partial charge >= 0.3 is 0 Å². The molecule has 10 heteroatoms. The van der Waals surface area contributed by atoms with Crippen molar-refractivity contribution in [3.05, 3.63) is 52.9 Å². The van der Waals surface area contributed by atoms with Gasteiger partial charge in [0.1, 0.15) is 10.8 Å². The number of ether oxygens (including phenoxy) is 1. The molecule has 5 rings (SSSR count). The number of fused-ring (bicyclic) bond motifs is 1. The van der Waals surface area contributed by atoms with Crippen molar-refractivity contribution in [1.29, 1.82) is 5.41 Å². The van der Waals surface area contributed by atoms with Gasteiger partial charge in [0, 0.05) is 36.2 Å². The van der Waals surface area contributed by atoms with Gasteiger partial charge in [-0.25, -0.2) is 0 Å². The first-order valence-electron chi connectivity index (χ1n) is 12.0. The number of likely N-dealkylation sites (tertiary alicyclic amines) is 1. The number of piperidine rings is 1. The van der Waals surface area contributed by atoms with E-state index in [0.717, 1.165) is 60.7 Å².